The number of hydrogen-bond acceptors (Lipinski definition) is 4. The number of fused-ring (bicyclic) bond motifs is 1. The van der Waals surface area contributed by atoms with Crippen molar-refractivity contribution in [1.29, 1.82) is 0 Å². The van der Waals surface area contributed by atoms with Gasteiger partial charge in [0.2, 0.25) is 0 Å². The molecule has 0 aliphatic rings. The molecule has 0 saturated carbocycles. The normalized spacial score (nSPS) is 12.2. The predicted octanol–water partition coefficient (Wildman–Crippen LogP) is 4.48. The molecule has 0 fully saturated rings. The van der Waals surface area contributed by atoms with Gasteiger partial charge in [-0.3, -0.25) is 4.79 Å². The van der Waals surface area contributed by atoms with Gasteiger partial charge in [-0.1, -0.05) is 42.5 Å². The lowest BCUT2D eigenvalue weighted by Crippen LogP contribution is -2.29. The highest BCUT2D eigenvalue weighted by molar-refractivity contribution is 7.10. The monoisotopic (exact) mass is 351 g/mol. The number of rotatable bonds is 5. The number of amides is 1. The first kappa shape index (κ1) is 16.9. The van der Waals surface area contributed by atoms with Gasteiger partial charge in [0, 0.05) is 22.0 Å². The van der Waals surface area contributed by atoms with E-state index >= 15 is 0 Å². The Hall–Kier alpha value is -2.92. The van der Waals surface area contributed by atoms with Gasteiger partial charge in [-0.05, 0) is 35.9 Å². The molecule has 1 heterocycles. The average Bonchev–Trinajstić information content (AvgIpc) is 3.14. The fraction of sp³-hybridized carbons (Fsp3) is 0.100. The van der Waals surface area contributed by atoms with Crippen LogP contribution in [0.5, 0.6) is 0 Å². The van der Waals surface area contributed by atoms with Crippen molar-refractivity contribution in [2.45, 2.75) is 13.0 Å². The highest BCUT2D eigenvalue weighted by Crippen LogP contribution is 2.23. The van der Waals surface area contributed by atoms with E-state index < -0.39 is 12.1 Å². The van der Waals surface area contributed by atoms with Crippen LogP contribution in [0.15, 0.2) is 66.1 Å². The molecule has 0 aliphatic carbocycles. The minimum absolute atomic E-state index is 0.366. The van der Waals surface area contributed by atoms with E-state index in [-0.39, 0.29) is 5.91 Å². The van der Waals surface area contributed by atoms with Gasteiger partial charge < -0.3 is 10.1 Å². The molecule has 1 aromatic heterocycles. The third-order valence-electron chi connectivity index (χ3n) is 3.64. The average molecular weight is 351 g/mol. The van der Waals surface area contributed by atoms with Crippen LogP contribution in [0.25, 0.3) is 16.8 Å². The molecule has 0 unspecified atom stereocenters. The lowest BCUT2D eigenvalue weighted by molar-refractivity contribution is -0.148. The molecule has 0 aliphatic heterocycles. The van der Waals surface area contributed by atoms with Gasteiger partial charge in [0.05, 0.1) is 0 Å². The fourth-order valence-corrected chi connectivity index (χ4v) is 2.99. The number of ether oxygens (including phenoxy) is 1. The summed E-state index contributed by atoms with van der Waals surface area (Å²) in [4.78, 5) is 25.1. The van der Waals surface area contributed by atoms with E-state index in [1.165, 1.54) is 17.4 Å². The van der Waals surface area contributed by atoms with Crippen LogP contribution >= 0.6 is 11.3 Å². The molecule has 1 atom stereocenters. The highest BCUT2D eigenvalue weighted by atomic mass is 32.1. The first-order valence-electron chi connectivity index (χ1n) is 7.84. The number of hydrogen-bond donors (Lipinski definition) is 1. The molecule has 4 nitrogen and oxygen atoms in total. The lowest BCUT2D eigenvalue weighted by atomic mass is 10.1. The summed E-state index contributed by atoms with van der Waals surface area (Å²) < 4.78 is 5.16. The molecule has 1 N–H and O–H groups in total. The third kappa shape index (κ3) is 4.33. The van der Waals surface area contributed by atoms with Crippen LogP contribution in [0, 0.1) is 0 Å². The molecule has 0 saturated heterocycles. The summed E-state index contributed by atoms with van der Waals surface area (Å²) >= 11 is 1.52. The van der Waals surface area contributed by atoms with Crippen molar-refractivity contribution >= 4 is 45.7 Å². The van der Waals surface area contributed by atoms with Crippen LogP contribution in [-0.2, 0) is 14.3 Å². The standard InChI is InChI=1S/C20H17NO3S/c1-14(24-19(22)12-11-16-8-5-13-25-16)20(23)21-18-10-4-7-15-6-2-3-9-17(15)18/h2-14H,1H3,(H,21,23)/b12-11+/t14-/m0/s1. The topological polar surface area (TPSA) is 55.4 Å². The summed E-state index contributed by atoms with van der Waals surface area (Å²) in [6.45, 7) is 1.55. The van der Waals surface area contributed by atoms with E-state index in [1.54, 1.807) is 13.0 Å². The van der Waals surface area contributed by atoms with Crippen LogP contribution in [0.3, 0.4) is 0 Å². The van der Waals surface area contributed by atoms with Crippen molar-refractivity contribution in [2.75, 3.05) is 5.32 Å². The van der Waals surface area contributed by atoms with Crippen LogP contribution < -0.4 is 5.32 Å². The van der Waals surface area contributed by atoms with Crippen molar-refractivity contribution < 1.29 is 14.3 Å². The largest absolute Gasteiger partial charge is 0.449 e. The van der Waals surface area contributed by atoms with Gasteiger partial charge >= 0.3 is 5.97 Å². The second-order valence-corrected chi connectivity index (χ2v) is 6.42. The molecule has 0 radical (unpaired) electrons. The van der Waals surface area contributed by atoms with Crippen molar-refractivity contribution in [1.82, 2.24) is 0 Å². The summed E-state index contributed by atoms with van der Waals surface area (Å²) in [5, 5.41) is 6.71. The lowest BCUT2D eigenvalue weighted by Gasteiger charge is -2.13. The Morgan fingerprint density at radius 2 is 1.88 bits per heavy atom. The maximum atomic E-state index is 12.3. The Labute approximate surface area is 149 Å². The van der Waals surface area contributed by atoms with Crippen molar-refractivity contribution in [3.8, 4) is 0 Å². The smallest absolute Gasteiger partial charge is 0.331 e. The third-order valence-corrected chi connectivity index (χ3v) is 4.47. The molecule has 2 aromatic carbocycles. The molecular weight excluding hydrogens is 334 g/mol. The molecule has 25 heavy (non-hydrogen) atoms. The Morgan fingerprint density at radius 3 is 2.68 bits per heavy atom. The zero-order chi connectivity index (χ0) is 17.6. The van der Waals surface area contributed by atoms with Gasteiger partial charge in [-0.2, -0.15) is 0 Å². The van der Waals surface area contributed by atoms with E-state index in [9.17, 15) is 9.59 Å². The second kappa shape index (κ2) is 7.77. The zero-order valence-electron chi connectivity index (χ0n) is 13.6. The minimum Gasteiger partial charge on any atom is -0.449 e. The summed E-state index contributed by atoms with van der Waals surface area (Å²) in [6.07, 6.45) is 2.11. The Morgan fingerprint density at radius 1 is 1.08 bits per heavy atom. The molecule has 0 bridgehead atoms. The first-order chi connectivity index (χ1) is 12.1. The number of thiophene rings is 1. The Kier molecular flexibility index (Phi) is 5.26. The van der Waals surface area contributed by atoms with Crippen molar-refractivity contribution in [2.24, 2.45) is 0 Å². The number of nitrogens with one attached hydrogen (secondary N) is 1. The van der Waals surface area contributed by atoms with E-state index in [0.29, 0.717) is 5.69 Å². The molecular formula is C20H17NO3S. The van der Waals surface area contributed by atoms with Gasteiger partial charge in [-0.25, -0.2) is 4.79 Å². The van der Waals surface area contributed by atoms with Crippen LogP contribution in [0.2, 0.25) is 0 Å². The summed E-state index contributed by atoms with van der Waals surface area (Å²) in [6, 6.07) is 17.2. The summed E-state index contributed by atoms with van der Waals surface area (Å²) in [7, 11) is 0. The van der Waals surface area contributed by atoms with Gasteiger partial charge in [0.25, 0.3) is 5.91 Å². The Balaban J connectivity index is 1.63. The fourth-order valence-electron chi connectivity index (χ4n) is 2.37. The van der Waals surface area contributed by atoms with E-state index in [2.05, 4.69) is 5.32 Å². The number of carbonyl (C=O) groups excluding carboxylic acids is 2. The first-order valence-corrected chi connectivity index (χ1v) is 8.72. The number of benzene rings is 2. The van der Waals surface area contributed by atoms with Crippen molar-refractivity contribution in [3.05, 3.63) is 70.9 Å². The maximum absolute atomic E-state index is 12.3. The van der Waals surface area contributed by atoms with E-state index in [4.69, 9.17) is 4.74 Å². The summed E-state index contributed by atoms with van der Waals surface area (Å²) in [5.74, 6) is -0.914. The van der Waals surface area contributed by atoms with Crippen LogP contribution in [-0.4, -0.2) is 18.0 Å². The molecule has 1 amide bonds. The number of anilines is 1. The van der Waals surface area contributed by atoms with E-state index in [0.717, 1.165) is 15.6 Å². The van der Waals surface area contributed by atoms with Gasteiger partial charge in [0.1, 0.15) is 0 Å². The number of esters is 1. The molecule has 0 spiro atoms. The van der Waals surface area contributed by atoms with Gasteiger partial charge in [0.15, 0.2) is 6.10 Å². The Bertz CT molecular complexity index is 910. The predicted molar refractivity (Wildman–Crippen MR) is 101 cm³/mol. The summed E-state index contributed by atoms with van der Waals surface area (Å²) in [5.41, 5.74) is 0.695. The van der Waals surface area contributed by atoms with Gasteiger partial charge in [-0.15, -0.1) is 11.3 Å². The van der Waals surface area contributed by atoms with E-state index in [1.807, 2.05) is 60.0 Å². The molecule has 3 aromatic rings. The quantitative estimate of drug-likeness (QED) is 0.544. The van der Waals surface area contributed by atoms with Crippen molar-refractivity contribution in [3.63, 3.8) is 0 Å². The minimum atomic E-state index is -0.889. The molecule has 3 rings (SSSR count). The second-order valence-electron chi connectivity index (χ2n) is 5.44. The van der Waals surface area contributed by atoms with Crippen LogP contribution in [0.4, 0.5) is 5.69 Å². The maximum Gasteiger partial charge on any atom is 0.331 e. The highest BCUT2D eigenvalue weighted by Gasteiger charge is 2.17. The molecule has 126 valence electrons. The molecule has 5 heteroatoms. The zero-order valence-corrected chi connectivity index (χ0v) is 14.5. The van der Waals surface area contributed by atoms with Crippen LogP contribution in [0.1, 0.15) is 11.8 Å². The number of carbonyl (C=O) groups is 2. The SMILES string of the molecule is C[C@H](OC(=O)/C=C/c1cccs1)C(=O)Nc1cccc2ccccc12.